The normalized spacial score (nSPS) is 14.3. The van der Waals surface area contributed by atoms with Crippen LogP contribution in [0.4, 0.5) is 0 Å². The Balaban J connectivity index is 2.79. The number of benzene rings is 1. The van der Waals surface area contributed by atoms with Gasteiger partial charge >= 0.3 is 5.97 Å². The van der Waals surface area contributed by atoms with Crippen molar-refractivity contribution in [1.82, 2.24) is 10.6 Å². The molecular formula is C18H26N2O5. The lowest BCUT2D eigenvalue weighted by molar-refractivity contribution is -0.162. The Kier molecular flexibility index (Phi) is 8.07. The smallest absolute Gasteiger partial charge is 0.335 e. The number of esters is 1. The van der Waals surface area contributed by atoms with E-state index in [1.54, 1.807) is 0 Å². The summed E-state index contributed by atoms with van der Waals surface area (Å²) in [5.74, 6) is -1.82. The number of amides is 2. The molecule has 7 heteroatoms. The summed E-state index contributed by atoms with van der Waals surface area (Å²) in [6.07, 6.45) is -2.13. The number of hydrogen-bond acceptors (Lipinski definition) is 5. The first-order valence-corrected chi connectivity index (χ1v) is 8.24. The summed E-state index contributed by atoms with van der Waals surface area (Å²) in [7, 11) is 0. The molecule has 0 aliphatic rings. The summed E-state index contributed by atoms with van der Waals surface area (Å²) in [4.78, 5) is 36.0. The van der Waals surface area contributed by atoms with Crippen molar-refractivity contribution in [3.8, 4) is 0 Å². The van der Waals surface area contributed by atoms with Crippen molar-refractivity contribution in [2.45, 2.75) is 58.4 Å². The number of aliphatic hydroxyl groups is 1. The van der Waals surface area contributed by atoms with Crippen LogP contribution in [0.25, 0.3) is 0 Å². The van der Waals surface area contributed by atoms with Crippen LogP contribution >= 0.6 is 0 Å². The van der Waals surface area contributed by atoms with Crippen molar-refractivity contribution in [1.29, 1.82) is 0 Å². The van der Waals surface area contributed by atoms with Crippen molar-refractivity contribution in [2.24, 2.45) is 0 Å². The van der Waals surface area contributed by atoms with Crippen molar-refractivity contribution in [3.63, 3.8) is 0 Å². The predicted octanol–water partition coefficient (Wildman–Crippen LogP) is 0.551. The van der Waals surface area contributed by atoms with Crippen LogP contribution in [0.5, 0.6) is 0 Å². The third-order valence-corrected chi connectivity index (χ3v) is 3.35. The van der Waals surface area contributed by atoms with E-state index < -0.39 is 30.1 Å². The Morgan fingerprint density at radius 2 is 1.60 bits per heavy atom. The summed E-state index contributed by atoms with van der Waals surface area (Å²) in [5, 5.41) is 14.5. The highest BCUT2D eigenvalue weighted by Crippen LogP contribution is 2.05. The lowest BCUT2D eigenvalue weighted by Crippen LogP contribution is -2.52. The minimum Gasteiger partial charge on any atom is -0.451 e. The number of carbonyl (C=O) groups excluding carboxylic acids is 3. The summed E-state index contributed by atoms with van der Waals surface area (Å²) >= 11 is 0. The number of nitrogens with one attached hydrogen (secondary N) is 2. The number of ether oxygens (including phenoxy) is 1. The van der Waals surface area contributed by atoms with Gasteiger partial charge in [0.2, 0.25) is 5.91 Å². The molecule has 1 rings (SSSR count). The molecule has 0 bridgehead atoms. The van der Waals surface area contributed by atoms with Crippen molar-refractivity contribution >= 4 is 17.8 Å². The van der Waals surface area contributed by atoms with Gasteiger partial charge in [-0.1, -0.05) is 30.3 Å². The highest BCUT2D eigenvalue weighted by molar-refractivity contribution is 5.90. The van der Waals surface area contributed by atoms with Gasteiger partial charge in [-0.15, -0.1) is 0 Å². The third kappa shape index (κ3) is 7.34. The van der Waals surface area contributed by atoms with E-state index in [1.807, 2.05) is 44.2 Å². The van der Waals surface area contributed by atoms with Gasteiger partial charge in [0.15, 0.2) is 6.10 Å². The molecule has 2 amide bonds. The lowest BCUT2D eigenvalue weighted by atomic mass is 10.0. The highest BCUT2D eigenvalue weighted by atomic mass is 16.6. The molecule has 138 valence electrons. The Bertz CT molecular complexity index is 586. The van der Waals surface area contributed by atoms with E-state index in [0.29, 0.717) is 6.42 Å². The van der Waals surface area contributed by atoms with Gasteiger partial charge < -0.3 is 20.5 Å². The number of hydrogen-bond donors (Lipinski definition) is 3. The molecule has 0 spiro atoms. The Morgan fingerprint density at radius 1 is 1.00 bits per heavy atom. The fourth-order valence-corrected chi connectivity index (χ4v) is 2.06. The maximum atomic E-state index is 12.4. The first-order valence-electron chi connectivity index (χ1n) is 8.24. The second-order valence-electron chi connectivity index (χ2n) is 6.17. The number of rotatable bonds is 8. The molecule has 0 saturated heterocycles. The lowest BCUT2D eigenvalue weighted by Gasteiger charge is -2.22. The molecule has 7 nitrogen and oxygen atoms in total. The molecule has 0 fully saturated rings. The maximum absolute atomic E-state index is 12.4. The van der Waals surface area contributed by atoms with Crippen LogP contribution in [-0.4, -0.2) is 47.2 Å². The van der Waals surface area contributed by atoms with Gasteiger partial charge in [-0.05, 0) is 33.3 Å². The molecule has 1 aromatic carbocycles. The standard InChI is InChI=1S/C18H26N2O5/c1-11(2)19-17(23)15(10-14-8-6-5-7-9-14)20-16(22)13(4)25-18(24)12(3)21/h5-9,11-13,15,21H,10H2,1-4H3,(H,19,23)(H,20,22)/t12-,13-,15-/m0/s1. The van der Waals surface area contributed by atoms with Crippen LogP contribution in [0.2, 0.25) is 0 Å². The predicted molar refractivity (Wildman–Crippen MR) is 92.6 cm³/mol. The molecule has 1 aromatic rings. The molecule has 0 aliphatic carbocycles. The zero-order valence-electron chi connectivity index (χ0n) is 15.0. The fraction of sp³-hybridized carbons (Fsp3) is 0.500. The van der Waals surface area contributed by atoms with Gasteiger partial charge in [-0.25, -0.2) is 4.79 Å². The van der Waals surface area contributed by atoms with E-state index in [1.165, 1.54) is 13.8 Å². The van der Waals surface area contributed by atoms with Crippen LogP contribution in [0.3, 0.4) is 0 Å². The minimum absolute atomic E-state index is 0.0758. The monoisotopic (exact) mass is 350 g/mol. The minimum atomic E-state index is -1.32. The average molecular weight is 350 g/mol. The molecule has 3 N–H and O–H groups in total. The van der Waals surface area contributed by atoms with Crippen LogP contribution in [0.1, 0.15) is 33.3 Å². The molecule has 0 radical (unpaired) electrons. The van der Waals surface area contributed by atoms with E-state index in [9.17, 15) is 14.4 Å². The summed E-state index contributed by atoms with van der Waals surface area (Å²) < 4.78 is 4.85. The van der Waals surface area contributed by atoms with E-state index in [4.69, 9.17) is 9.84 Å². The van der Waals surface area contributed by atoms with Crippen LogP contribution < -0.4 is 10.6 Å². The molecule has 0 aliphatic heterocycles. The SMILES string of the molecule is CC(C)NC(=O)[C@H](Cc1ccccc1)NC(=O)[C@H](C)OC(=O)[C@H](C)O. The molecule has 0 saturated carbocycles. The fourth-order valence-electron chi connectivity index (χ4n) is 2.06. The zero-order chi connectivity index (χ0) is 19.0. The van der Waals surface area contributed by atoms with E-state index >= 15 is 0 Å². The summed E-state index contributed by atoms with van der Waals surface area (Å²) in [5.41, 5.74) is 0.889. The molecule has 25 heavy (non-hydrogen) atoms. The number of carbonyl (C=O) groups is 3. The van der Waals surface area contributed by atoms with Crippen molar-refractivity contribution in [3.05, 3.63) is 35.9 Å². The zero-order valence-corrected chi connectivity index (χ0v) is 15.0. The average Bonchev–Trinajstić information content (AvgIpc) is 2.54. The topological polar surface area (TPSA) is 105 Å². The van der Waals surface area contributed by atoms with Crippen LogP contribution in [0, 0.1) is 0 Å². The second-order valence-corrected chi connectivity index (χ2v) is 6.17. The van der Waals surface area contributed by atoms with Crippen LogP contribution in [-0.2, 0) is 25.5 Å². The largest absolute Gasteiger partial charge is 0.451 e. The van der Waals surface area contributed by atoms with Gasteiger partial charge in [0, 0.05) is 12.5 Å². The first kappa shape index (κ1) is 20.6. The van der Waals surface area contributed by atoms with Gasteiger partial charge in [0.25, 0.3) is 5.91 Å². The van der Waals surface area contributed by atoms with Crippen LogP contribution in [0.15, 0.2) is 30.3 Å². The highest BCUT2D eigenvalue weighted by Gasteiger charge is 2.26. The van der Waals surface area contributed by atoms with Crippen molar-refractivity contribution < 1.29 is 24.2 Å². The Hall–Kier alpha value is -2.41. The molecular weight excluding hydrogens is 324 g/mol. The third-order valence-electron chi connectivity index (χ3n) is 3.35. The van der Waals surface area contributed by atoms with E-state index in [2.05, 4.69) is 10.6 Å². The molecule has 0 unspecified atom stereocenters. The number of aliphatic hydroxyl groups excluding tert-OH is 1. The first-order chi connectivity index (χ1) is 11.7. The molecule has 0 aromatic heterocycles. The van der Waals surface area contributed by atoms with E-state index in [0.717, 1.165) is 5.56 Å². The summed E-state index contributed by atoms with van der Waals surface area (Å²) in [6, 6.07) is 8.40. The summed E-state index contributed by atoms with van der Waals surface area (Å²) in [6.45, 7) is 6.29. The van der Waals surface area contributed by atoms with Gasteiger partial charge in [0.05, 0.1) is 0 Å². The van der Waals surface area contributed by atoms with Gasteiger partial charge in [0.1, 0.15) is 12.1 Å². The quantitative estimate of drug-likeness (QED) is 0.594. The van der Waals surface area contributed by atoms with Gasteiger partial charge in [-0.2, -0.15) is 0 Å². The molecule has 0 heterocycles. The van der Waals surface area contributed by atoms with Crippen molar-refractivity contribution in [2.75, 3.05) is 0 Å². The van der Waals surface area contributed by atoms with E-state index in [-0.39, 0.29) is 11.9 Å². The van der Waals surface area contributed by atoms with Gasteiger partial charge in [-0.3, -0.25) is 9.59 Å². The molecule has 3 atom stereocenters. The Morgan fingerprint density at radius 3 is 2.12 bits per heavy atom. The maximum Gasteiger partial charge on any atom is 0.335 e. The Labute approximate surface area is 147 Å². The second kappa shape index (κ2) is 9.78.